The minimum absolute atomic E-state index is 0.439. The molecule has 6 nitrogen and oxygen atoms in total. The Morgan fingerprint density at radius 3 is 1.12 bits per heavy atom. The van der Waals surface area contributed by atoms with Crippen molar-refractivity contribution >= 4 is 10.8 Å². The Morgan fingerprint density at radius 2 is 0.678 bits per heavy atom. The monoisotopic (exact) mass is 758 g/mol. The lowest BCUT2D eigenvalue weighted by Gasteiger charge is -2.76. The van der Waals surface area contributed by atoms with Crippen LogP contribution in [0.4, 0.5) is 0 Å². The lowest BCUT2D eigenvalue weighted by molar-refractivity contribution is -0.219. The highest BCUT2D eigenvalue weighted by molar-refractivity contribution is 5.86. The van der Waals surface area contributed by atoms with Crippen LogP contribution in [0.1, 0.15) is 24.8 Å². The third-order valence-corrected chi connectivity index (χ3v) is 13.2. The molecule has 0 saturated heterocycles. The summed E-state index contributed by atoms with van der Waals surface area (Å²) in [5.41, 5.74) is 9.85. The van der Waals surface area contributed by atoms with Gasteiger partial charge in [-0.1, -0.05) is 170 Å². The summed E-state index contributed by atoms with van der Waals surface area (Å²) >= 11 is 0. The average Bonchev–Trinajstić information content (AvgIpc) is 3.31. The van der Waals surface area contributed by atoms with E-state index >= 15 is 0 Å². The van der Waals surface area contributed by atoms with Gasteiger partial charge in [0.2, 0.25) is 0 Å². The molecule has 59 heavy (non-hydrogen) atoms. The van der Waals surface area contributed by atoms with Crippen molar-refractivity contribution < 1.29 is 0 Å². The van der Waals surface area contributed by atoms with Crippen LogP contribution in [0.2, 0.25) is 0 Å². The molecule has 2 unspecified atom stereocenters. The van der Waals surface area contributed by atoms with E-state index in [4.69, 9.17) is 29.9 Å². The summed E-state index contributed by atoms with van der Waals surface area (Å²) in [5, 5.41) is 2.32. The number of aromatic nitrogens is 6. The molecule has 2 heterocycles. The normalized spacial score (nSPS) is 19.9. The number of fused-ring (bicyclic) bond motifs is 1. The Kier molecular flexibility index (Phi) is 7.73. The largest absolute Gasteiger partial charge is 0.208 e. The highest BCUT2D eigenvalue weighted by Crippen LogP contribution is 2.77. The molecule has 12 rings (SSSR count). The fourth-order valence-electron chi connectivity index (χ4n) is 10.2. The second kappa shape index (κ2) is 13.5. The number of hydrogen-bond donors (Lipinski definition) is 0. The fraction of sp³-hybridized carbons (Fsp3) is 0.132. The molecule has 2 atom stereocenters. The first-order chi connectivity index (χ1) is 29.1. The van der Waals surface area contributed by atoms with E-state index in [-0.39, 0.29) is 0 Å². The van der Waals surface area contributed by atoms with Gasteiger partial charge < -0.3 is 0 Å². The molecule has 0 amide bonds. The molecule has 3 aliphatic carbocycles. The van der Waals surface area contributed by atoms with E-state index in [1.165, 1.54) is 30.2 Å². The molecule has 2 aromatic heterocycles. The third kappa shape index (κ3) is 5.78. The van der Waals surface area contributed by atoms with Gasteiger partial charge in [0, 0.05) is 33.4 Å². The van der Waals surface area contributed by atoms with Gasteiger partial charge in [-0.25, -0.2) is 29.9 Å². The van der Waals surface area contributed by atoms with Gasteiger partial charge in [-0.05, 0) is 76.0 Å². The van der Waals surface area contributed by atoms with E-state index in [9.17, 15) is 0 Å². The summed E-state index contributed by atoms with van der Waals surface area (Å²) in [6.07, 6.45) is 4.19. The van der Waals surface area contributed by atoms with Crippen LogP contribution >= 0.6 is 0 Å². The van der Waals surface area contributed by atoms with Crippen molar-refractivity contribution in [3.05, 3.63) is 181 Å². The minimum atomic E-state index is 0.439. The summed E-state index contributed by atoms with van der Waals surface area (Å²) in [7, 11) is 0. The summed E-state index contributed by atoms with van der Waals surface area (Å²) < 4.78 is 0. The van der Waals surface area contributed by atoms with Crippen LogP contribution in [0.5, 0.6) is 0 Å². The maximum Gasteiger partial charge on any atom is 0.164 e. The van der Waals surface area contributed by atoms with Crippen LogP contribution in [0, 0.1) is 17.8 Å². The molecule has 0 radical (unpaired) electrons. The molecule has 3 fully saturated rings. The van der Waals surface area contributed by atoms with Gasteiger partial charge in [0.15, 0.2) is 34.9 Å². The van der Waals surface area contributed by atoms with Gasteiger partial charge in [-0.2, -0.15) is 0 Å². The molecule has 3 aliphatic rings. The first-order valence-electron chi connectivity index (χ1n) is 20.6. The van der Waals surface area contributed by atoms with E-state index in [2.05, 4.69) is 127 Å². The standard InChI is InChI=1S/C53H38N6/c1-3-10-36(11-4-1)47-54-49(57-51(55-47)40-25-27-45(28-26-40)53-31-43-30-44(32-53)46(43)53)38-20-15-34(16-21-38)35-17-22-39(23-18-35)50-56-48(37-12-5-2-6-13-37)58-52(59-50)42-24-19-33-9-7-8-14-41(33)29-42/h1-29,43-44,46H,30-32H2. The van der Waals surface area contributed by atoms with Crippen molar-refractivity contribution in [2.75, 3.05) is 0 Å². The van der Waals surface area contributed by atoms with E-state index in [0.29, 0.717) is 40.4 Å². The highest BCUT2D eigenvalue weighted by Gasteiger charge is 2.71. The van der Waals surface area contributed by atoms with Crippen LogP contribution in [0.3, 0.4) is 0 Å². The van der Waals surface area contributed by atoms with Crippen molar-refractivity contribution in [1.29, 1.82) is 0 Å². The molecule has 6 heteroatoms. The molecule has 280 valence electrons. The summed E-state index contributed by atoms with van der Waals surface area (Å²) in [4.78, 5) is 29.9. The minimum Gasteiger partial charge on any atom is -0.208 e. The van der Waals surface area contributed by atoms with Crippen molar-refractivity contribution in [2.24, 2.45) is 17.8 Å². The fourth-order valence-corrected chi connectivity index (χ4v) is 10.2. The van der Waals surface area contributed by atoms with E-state index < -0.39 is 0 Å². The Balaban J connectivity index is 0.849. The van der Waals surface area contributed by atoms with Crippen molar-refractivity contribution in [2.45, 2.75) is 24.7 Å². The Morgan fingerprint density at radius 1 is 0.322 bits per heavy atom. The maximum atomic E-state index is 5.05. The van der Waals surface area contributed by atoms with Crippen LogP contribution < -0.4 is 0 Å². The smallest absolute Gasteiger partial charge is 0.164 e. The van der Waals surface area contributed by atoms with Crippen LogP contribution in [-0.4, -0.2) is 29.9 Å². The Labute approximate surface area is 342 Å². The zero-order chi connectivity index (χ0) is 38.9. The Hall–Kier alpha value is -7.18. The SMILES string of the molecule is c1ccc(-c2nc(-c3ccc(-c4ccc(-c5nc(-c6ccccc6)nc(-c6ccc7ccccc7c6)n5)cc4)cc3)nc(-c3ccc(C45CC6CC(C4)C65)cc3)n2)cc1. The second-order valence-electron chi connectivity index (χ2n) is 16.5. The molecule has 0 aliphatic heterocycles. The molecule has 0 N–H and O–H groups in total. The molecule has 0 bridgehead atoms. The summed E-state index contributed by atoms with van der Waals surface area (Å²) in [6, 6.07) is 61.0. The van der Waals surface area contributed by atoms with E-state index in [1.807, 2.05) is 48.5 Å². The van der Waals surface area contributed by atoms with E-state index in [1.54, 1.807) is 0 Å². The average molecular weight is 759 g/mol. The van der Waals surface area contributed by atoms with Gasteiger partial charge in [0.1, 0.15) is 0 Å². The molecule has 0 spiro atoms. The molecule has 7 aromatic carbocycles. The lowest BCUT2D eigenvalue weighted by atomic mass is 9.28. The first kappa shape index (κ1) is 33.9. The molecule has 3 saturated carbocycles. The molecular formula is C53H38N6. The van der Waals surface area contributed by atoms with Crippen LogP contribution in [0.15, 0.2) is 176 Å². The van der Waals surface area contributed by atoms with Gasteiger partial charge in [0.25, 0.3) is 0 Å². The topological polar surface area (TPSA) is 77.3 Å². The van der Waals surface area contributed by atoms with E-state index in [0.717, 1.165) is 67.6 Å². The predicted octanol–water partition coefficient (Wildman–Crippen LogP) is 12.2. The Bertz CT molecular complexity index is 3010. The maximum absolute atomic E-state index is 5.05. The van der Waals surface area contributed by atoms with Gasteiger partial charge >= 0.3 is 0 Å². The lowest BCUT2D eigenvalue weighted by Crippen LogP contribution is -2.71. The highest BCUT2D eigenvalue weighted by atomic mass is 15.0. The second-order valence-corrected chi connectivity index (χ2v) is 16.5. The molecule has 9 aromatic rings. The van der Waals surface area contributed by atoms with Gasteiger partial charge in [-0.3, -0.25) is 0 Å². The zero-order valence-corrected chi connectivity index (χ0v) is 32.3. The number of nitrogens with zero attached hydrogens (tertiary/aromatic N) is 6. The van der Waals surface area contributed by atoms with Crippen LogP contribution in [-0.2, 0) is 5.41 Å². The summed E-state index contributed by atoms with van der Waals surface area (Å²) in [5.74, 6) is 6.82. The number of benzene rings is 7. The number of hydrogen-bond acceptors (Lipinski definition) is 6. The number of rotatable bonds is 8. The van der Waals surface area contributed by atoms with Crippen molar-refractivity contribution in [3.8, 4) is 79.5 Å². The quantitative estimate of drug-likeness (QED) is 0.154. The van der Waals surface area contributed by atoms with Crippen molar-refractivity contribution in [1.82, 2.24) is 29.9 Å². The first-order valence-corrected chi connectivity index (χ1v) is 20.6. The predicted molar refractivity (Wildman–Crippen MR) is 235 cm³/mol. The van der Waals surface area contributed by atoms with Gasteiger partial charge in [-0.15, -0.1) is 0 Å². The molecular weight excluding hydrogens is 721 g/mol. The zero-order valence-electron chi connectivity index (χ0n) is 32.3. The van der Waals surface area contributed by atoms with Crippen molar-refractivity contribution in [3.63, 3.8) is 0 Å². The summed E-state index contributed by atoms with van der Waals surface area (Å²) in [6.45, 7) is 0. The van der Waals surface area contributed by atoms with Crippen LogP contribution in [0.25, 0.3) is 90.2 Å². The van der Waals surface area contributed by atoms with Gasteiger partial charge in [0.05, 0.1) is 0 Å². The third-order valence-electron chi connectivity index (χ3n) is 13.2.